The summed E-state index contributed by atoms with van der Waals surface area (Å²) in [5, 5.41) is 9.76. The second kappa shape index (κ2) is 6.93. The number of carbonyl (C=O) groups is 1. The van der Waals surface area contributed by atoms with Gasteiger partial charge in [0.2, 0.25) is 0 Å². The smallest absolute Gasteiger partial charge is 0.310 e. The van der Waals surface area contributed by atoms with Gasteiger partial charge in [-0.15, -0.1) is 0 Å². The first-order valence-electron chi connectivity index (χ1n) is 6.12. The van der Waals surface area contributed by atoms with Crippen LogP contribution >= 0.6 is 0 Å². The van der Waals surface area contributed by atoms with Crippen LogP contribution < -0.4 is 0 Å². The van der Waals surface area contributed by atoms with E-state index < -0.39 is 6.10 Å². The van der Waals surface area contributed by atoms with Crippen molar-refractivity contribution in [1.29, 1.82) is 0 Å². The highest BCUT2D eigenvalue weighted by molar-refractivity contribution is 5.72. The van der Waals surface area contributed by atoms with Gasteiger partial charge >= 0.3 is 5.97 Å². The number of carbonyl (C=O) groups excluding carboxylic acids is 1. The number of hydrogen-bond donors (Lipinski definition) is 1. The summed E-state index contributed by atoms with van der Waals surface area (Å²) in [4.78, 5) is 13.4. The second-order valence-corrected chi connectivity index (χ2v) is 4.80. The van der Waals surface area contributed by atoms with Crippen LogP contribution in [0.1, 0.15) is 20.3 Å². The van der Waals surface area contributed by atoms with E-state index in [1.54, 1.807) is 0 Å². The summed E-state index contributed by atoms with van der Waals surface area (Å²) in [6.45, 7) is 6.28. The lowest BCUT2D eigenvalue weighted by molar-refractivity contribution is -0.145. The average molecular weight is 245 g/mol. The second-order valence-electron chi connectivity index (χ2n) is 4.80. The molecule has 1 aliphatic rings. The molecule has 2 atom stereocenters. The third kappa shape index (κ3) is 5.02. The van der Waals surface area contributed by atoms with Crippen molar-refractivity contribution in [3.8, 4) is 0 Å². The fourth-order valence-electron chi connectivity index (χ4n) is 2.01. The summed E-state index contributed by atoms with van der Waals surface area (Å²) < 4.78 is 10.1. The van der Waals surface area contributed by atoms with Gasteiger partial charge in [0, 0.05) is 13.1 Å². The molecule has 0 aromatic rings. The van der Waals surface area contributed by atoms with Gasteiger partial charge in [-0.1, -0.05) is 0 Å². The maximum Gasteiger partial charge on any atom is 0.310 e. The standard InChI is InChI=1S/C12H23NO4/c1-9(2)17-8-11(14)7-13-5-4-10(6-13)12(15)16-3/h9-11,14H,4-8H2,1-3H3. The predicted octanol–water partition coefficient (Wildman–Crippen LogP) is 0.267. The quantitative estimate of drug-likeness (QED) is 0.681. The zero-order valence-electron chi connectivity index (χ0n) is 10.9. The van der Waals surface area contributed by atoms with E-state index in [0.29, 0.717) is 19.7 Å². The molecule has 2 unspecified atom stereocenters. The van der Waals surface area contributed by atoms with Crippen molar-refractivity contribution in [3.05, 3.63) is 0 Å². The molecule has 0 amide bonds. The third-order valence-electron chi connectivity index (χ3n) is 2.90. The van der Waals surface area contributed by atoms with Crippen molar-refractivity contribution in [1.82, 2.24) is 4.90 Å². The van der Waals surface area contributed by atoms with Crippen LogP contribution in [-0.4, -0.2) is 61.5 Å². The van der Waals surface area contributed by atoms with Crippen molar-refractivity contribution < 1.29 is 19.4 Å². The first-order chi connectivity index (χ1) is 8.02. The van der Waals surface area contributed by atoms with Gasteiger partial charge < -0.3 is 14.6 Å². The molecule has 17 heavy (non-hydrogen) atoms. The van der Waals surface area contributed by atoms with Crippen molar-refractivity contribution in [3.63, 3.8) is 0 Å². The lowest BCUT2D eigenvalue weighted by Crippen LogP contribution is -2.34. The average Bonchev–Trinajstić information content (AvgIpc) is 2.73. The van der Waals surface area contributed by atoms with Crippen LogP contribution in [0, 0.1) is 5.92 Å². The van der Waals surface area contributed by atoms with Crippen molar-refractivity contribution in [2.24, 2.45) is 5.92 Å². The van der Waals surface area contributed by atoms with Crippen LogP contribution in [0.5, 0.6) is 0 Å². The van der Waals surface area contributed by atoms with Gasteiger partial charge in [0.1, 0.15) is 0 Å². The first kappa shape index (κ1) is 14.4. The van der Waals surface area contributed by atoms with Crippen LogP contribution in [0.15, 0.2) is 0 Å². The molecule has 0 aliphatic carbocycles. The molecule has 1 aliphatic heterocycles. The lowest BCUT2D eigenvalue weighted by atomic mass is 10.1. The fourth-order valence-corrected chi connectivity index (χ4v) is 2.01. The minimum Gasteiger partial charge on any atom is -0.469 e. The number of methoxy groups -OCH3 is 1. The highest BCUT2D eigenvalue weighted by Crippen LogP contribution is 2.17. The summed E-state index contributed by atoms with van der Waals surface area (Å²) in [5.74, 6) is -0.196. The molecular weight excluding hydrogens is 222 g/mol. The number of nitrogens with zero attached hydrogens (tertiary/aromatic N) is 1. The Bertz CT molecular complexity index is 245. The van der Waals surface area contributed by atoms with Gasteiger partial charge in [0.05, 0.1) is 31.8 Å². The largest absolute Gasteiger partial charge is 0.469 e. The number of rotatable bonds is 6. The monoisotopic (exact) mass is 245 g/mol. The summed E-state index contributed by atoms with van der Waals surface area (Å²) >= 11 is 0. The molecule has 5 heteroatoms. The molecule has 100 valence electrons. The van der Waals surface area contributed by atoms with E-state index in [-0.39, 0.29) is 18.0 Å². The number of esters is 1. The topological polar surface area (TPSA) is 59.0 Å². The Labute approximate surface area is 103 Å². The van der Waals surface area contributed by atoms with E-state index in [4.69, 9.17) is 9.47 Å². The number of hydrogen-bond acceptors (Lipinski definition) is 5. The van der Waals surface area contributed by atoms with Crippen LogP contribution in [0.25, 0.3) is 0 Å². The van der Waals surface area contributed by atoms with Gasteiger partial charge in [-0.25, -0.2) is 0 Å². The normalized spacial score (nSPS) is 23.0. The van der Waals surface area contributed by atoms with Crippen molar-refractivity contribution in [2.75, 3.05) is 33.4 Å². The van der Waals surface area contributed by atoms with Crippen LogP contribution in [0.4, 0.5) is 0 Å². The van der Waals surface area contributed by atoms with Gasteiger partial charge in [0.15, 0.2) is 0 Å². The maximum absolute atomic E-state index is 11.3. The molecule has 1 N–H and O–H groups in total. The first-order valence-corrected chi connectivity index (χ1v) is 6.12. The molecule has 0 saturated carbocycles. The Morgan fingerprint density at radius 3 is 2.82 bits per heavy atom. The summed E-state index contributed by atoms with van der Waals surface area (Å²) in [7, 11) is 1.41. The predicted molar refractivity (Wildman–Crippen MR) is 63.7 cm³/mol. The molecule has 0 spiro atoms. The van der Waals surface area contributed by atoms with Crippen molar-refractivity contribution in [2.45, 2.75) is 32.5 Å². The van der Waals surface area contributed by atoms with Gasteiger partial charge in [-0.2, -0.15) is 0 Å². The number of β-amino-alcohol motifs (C(OH)–C–C–N with tert-alkyl or cyclic N) is 1. The molecule has 1 rings (SSSR count). The molecule has 1 saturated heterocycles. The Hall–Kier alpha value is -0.650. The van der Waals surface area contributed by atoms with Crippen LogP contribution in [0.2, 0.25) is 0 Å². The molecule has 0 aromatic heterocycles. The molecule has 1 heterocycles. The van der Waals surface area contributed by atoms with E-state index >= 15 is 0 Å². The highest BCUT2D eigenvalue weighted by atomic mass is 16.5. The molecule has 5 nitrogen and oxygen atoms in total. The Morgan fingerprint density at radius 1 is 1.53 bits per heavy atom. The number of aliphatic hydroxyl groups is 1. The van der Waals surface area contributed by atoms with Gasteiger partial charge in [-0.3, -0.25) is 9.69 Å². The van der Waals surface area contributed by atoms with E-state index in [1.807, 2.05) is 13.8 Å². The highest BCUT2D eigenvalue weighted by Gasteiger charge is 2.29. The minimum atomic E-state index is -0.492. The molecule has 0 radical (unpaired) electrons. The zero-order valence-corrected chi connectivity index (χ0v) is 10.9. The molecule has 0 aromatic carbocycles. The number of aliphatic hydroxyl groups excluding tert-OH is 1. The van der Waals surface area contributed by atoms with Crippen LogP contribution in [0.3, 0.4) is 0 Å². The Balaban J connectivity index is 2.23. The van der Waals surface area contributed by atoms with Gasteiger partial charge in [0.25, 0.3) is 0 Å². The Kier molecular flexibility index (Phi) is 5.88. The summed E-state index contributed by atoms with van der Waals surface area (Å²) in [5.41, 5.74) is 0. The Morgan fingerprint density at radius 2 is 2.24 bits per heavy atom. The molecular formula is C12H23NO4. The van der Waals surface area contributed by atoms with E-state index in [2.05, 4.69) is 4.90 Å². The number of likely N-dealkylation sites (tertiary alicyclic amines) is 1. The van der Waals surface area contributed by atoms with Gasteiger partial charge in [-0.05, 0) is 26.8 Å². The van der Waals surface area contributed by atoms with E-state index in [1.165, 1.54) is 7.11 Å². The maximum atomic E-state index is 11.3. The zero-order chi connectivity index (χ0) is 12.8. The SMILES string of the molecule is COC(=O)C1CCN(CC(O)COC(C)C)C1. The third-order valence-corrected chi connectivity index (χ3v) is 2.90. The fraction of sp³-hybridized carbons (Fsp3) is 0.917. The van der Waals surface area contributed by atoms with E-state index in [9.17, 15) is 9.90 Å². The summed E-state index contributed by atoms with van der Waals surface area (Å²) in [6.07, 6.45) is 0.449. The minimum absolute atomic E-state index is 0.0433. The van der Waals surface area contributed by atoms with Crippen LogP contribution in [-0.2, 0) is 14.3 Å². The van der Waals surface area contributed by atoms with Crippen molar-refractivity contribution >= 4 is 5.97 Å². The van der Waals surface area contributed by atoms with E-state index in [0.717, 1.165) is 13.0 Å². The molecule has 0 bridgehead atoms. The summed E-state index contributed by atoms with van der Waals surface area (Å²) in [6, 6.07) is 0. The lowest BCUT2D eigenvalue weighted by Gasteiger charge is -2.20. The molecule has 1 fully saturated rings. The number of ether oxygens (including phenoxy) is 2.